The van der Waals surface area contributed by atoms with Crippen LogP contribution in [0.25, 0.3) is 0 Å². The summed E-state index contributed by atoms with van der Waals surface area (Å²) in [6.45, 7) is 6.64. The minimum absolute atomic E-state index is 0.271. The minimum Gasteiger partial charge on any atom is -0.507 e. The van der Waals surface area contributed by atoms with Gasteiger partial charge in [-0.3, -0.25) is 0 Å². The molecule has 1 atom stereocenters. The molecular formula is C12H16O2S+2. The lowest BCUT2D eigenvalue weighted by atomic mass is 10.1. The van der Waals surface area contributed by atoms with E-state index >= 15 is 0 Å². The lowest BCUT2D eigenvalue weighted by Crippen LogP contribution is -2.23. The van der Waals surface area contributed by atoms with Crippen LogP contribution >= 0.6 is 0 Å². The Kier molecular flexibility index (Phi) is 3.12. The highest BCUT2D eigenvalue weighted by Crippen LogP contribution is 2.27. The molecule has 1 unspecified atom stereocenters. The summed E-state index contributed by atoms with van der Waals surface area (Å²) >= 11 is 0. The maximum atomic E-state index is 9.70. The number of phenolic OH excluding ortho intramolecular Hbond substituents is 1. The van der Waals surface area contributed by atoms with Gasteiger partial charge in [-0.1, -0.05) is 0 Å². The lowest BCUT2D eigenvalue weighted by molar-refractivity contribution is 0.219. The number of aromatic hydroxyl groups is 1. The van der Waals surface area contributed by atoms with Crippen LogP contribution in [0, 0.1) is 20.5 Å². The molecule has 0 spiro atoms. The second kappa shape index (κ2) is 4.37. The van der Waals surface area contributed by atoms with Gasteiger partial charge < -0.3 is 5.11 Å². The van der Waals surface area contributed by atoms with Crippen molar-refractivity contribution in [1.82, 2.24) is 0 Å². The quantitative estimate of drug-likeness (QED) is 0.585. The number of ether oxygens (including phenoxy) is 1. The van der Waals surface area contributed by atoms with Gasteiger partial charge in [-0.05, 0) is 37.1 Å². The molecule has 0 aromatic heterocycles. The van der Waals surface area contributed by atoms with Gasteiger partial charge in [-0.15, -0.1) is 0 Å². The molecular weight excluding hydrogens is 208 g/mol. The van der Waals surface area contributed by atoms with E-state index in [9.17, 15) is 5.11 Å². The number of hydrogen-bond acceptors (Lipinski definition) is 2. The average Bonchev–Trinajstić information content (AvgIpc) is 2.26. The molecule has 1 aliphatic heterocycles. The third-order valence-electron chi connectivity index (χ3n) is 2.63. The lowest BCUT2D eigenvalue weighted by Gasteiger charge is -2.10. The maximum Gasteiger partial charge on any atom is 0.278 e. The van der Waals surface area contributed by atoms with Gasteiger partial charge in [0.05, 0.1) is 10.9 Å². The topological polar surface area (TPSA) is 29.5 Å². The Morgan fingerprint density at radius 2 is 2.00 bits per heavy atom. The zero-order valence-electron chi connectivity index (χ0n) is 9.12. The molecule has 1 heterocycles. The molecule has 80 valence electrons. The van der Waals surface area contributed by atoms with Crippen molar-refractivity contribution in [2.75, 3.05) is 18.1 Å². The van der Waals surface area contributed by atoms with Gasteiger partial charge in [0.2, 0.25) is 0 Å². The third kappa shape index (κ3) is 2.24. The van der Waals surface area contributed by atoms with Crippen LogP contribution < -0.4 is 0 Å². The van der Waals surface area contributed by atoms with Gasteiger partial charge >= 0.3 is 0 Å². The molecule has 1 aliphatic rings. The molecule has 1 N–H and O–H groups in total. The van der Waals surface area contributed by atoms with Gasteiger partial charge in [0.15, 0.2) is 4.90 Å². The first kappa shape index (κ1) is 10.7. The second-order valence-electron chi connectivity index (χ2n) is 3.81. The van der Waals surface area contributed by atoms with Crippen LogP contribution in [0.15, 0.2) is 17.0 Å². The van der Waals surface area contributed by atoms with E-state index in [1.54, 1.807) is 0 Å². The van der Waals surface area contributed by atoms with E-state index in [1.807, 2.05) is 20.5 Å². The number of hydrogen-bond donors (Lipinski definition) is 1. The third-order valence-corrected chi connectivity index (χ3v) is 4.73. The highest BCUT2D eigenvalue weighted by molar-refractivity contribution is 7.97. The standard InChI is InChI=1S/C12H15O2S/c1-9-7-11(8-10(2)12(9)13)15-5-3-14-4-6-15/h3,7-8H,4-6H2,1-2H3/q+1/p+1. The molecule has 1 fully saturated rings. The zero-order chi connectivity index (χ0) is 10.8. The normalized spacial score (nSPS) is 21.1. The molecule has 0 radical (unpaired) electrons. The van der Waals surface area contributed by atoms with Crippen LogP contribution in [0.2, 0.25) is 0 Å². The maximum absolute atomic E-state index is 9.70. The van der Waals surface area contributed by atoms with Crippen LogP contribution in [-0.4, -0.2) is 23.2 Å². The van der Waals surface area contributed by atoms with Crippen molar-refractivity contribution in [2.24, 2.45) is 0 Å². The van der Waals surface area contributed by atoms with Crippen molar-refractivity contribution in [3.05, 3.63) is 29.9 Å². The Labute approximate surface area is 93.6 Å². The number of phenols is 1. The first-order chi connectivity index (χ1) is 7.18. The predicted octanol–water partition coefficient (Wildman–Crippen LogP) is 2.18. The van der Waals surface area contributed by atoms with E-state index in [4.69, 9.17) is 4.74 Å². The Morgan fingerprint density at radius 3 is 2.53 bits per heavy atom. The highest BCUT2D eigenvalue weighted by Gasteiger charge is 2.32. The average molecular weight is 224 g/mol. The SMILES string of the molecule is Cc1cc([S+]2C[CH+]OCC2)cc(C)c1O. The molecule has 2 rings (SSSR count). The van der Waals surface area contributed by atoms with E-state index in [2.05, 4.69) is 12.1 Å². The molecule has 0 aliphatic carbocycles. The van der Waals surface area contributed by atoms with Crippen molar-refractivity contribution in [2.45, 2.75) is 18.7 Å². The molecule has 1 aromatic rings. The molecule has 15 heavy (non-hydrogen) atoms. The molecule has 2 nitrogen and oxygen atoms in total. The van der Waals surface area contributed by atoms with Crippen molar-refractivity contribution in [3.63, 3.8) is 0 Å². The van der Waals surface area contributed by atoms with E-state index in [0.29, 0.717) is 5.75 Å². The molecule has 0 bridgehead atoms. The van der Waals surface area contributed by atoms with E-state index in [1.165, 1.54) is 4.90 Å². The molecule has 1 aromatic carbocycles. The van der Waals surface area contributed by atoms with Gasteiger partial charge in [0.25, 0.3) is 12.4 Å². The Hall–Kier alpha value is -0.800. The smallest absolute Gasteiger partial charge is 0.278 e. The fourth-order valence-corrected chi connectivity index (χ4v) is 3.58. The first-order valence-electron chi connectivity index (χ1n) is 5.09. The number of benzene rings is 1. The zero-order valence-corrected chi connectivity index (χ0v) is 9.93. The van der Waals surface area contributed by atoms with Gasteiger partial charge in [0, 0.05) is 0 Å². The van der Waals surface area contributed by atoms with Crippen LogP contribution in [0.5, 0.6) is 5.75 Å². The van der Waals surface area contributed by atoms with Gasteiger partial charge in [-0.2, -0.15) is 4.74 Å². The predicted molar refractivity (Wildman–Crippen MR) is 63.2 cm³/mol. The van der Waals surface area contributed by atoms with E-state index in [0.717, 1.165) is 29.2 Å². The summed E-state index contributed by atoms with van der Waals surface area (Å²) in [5.74, 6) is 2.53. The van der Waals surface area contributed by atoms with Crippen LogP contribution in [0.3, 0.4) is 0 Å². The van der Waals surface area contributed by atoms with Crippen LogP contribution in [0.1, 0.15) is 11.1 Å². The van der Waals surface area contributed by atoms with Crippen molar-refractivity contribution in [3.8, 4) is 5.75 Å². The van der Waals surface area contributed by atoms with Crippen molar-refractivity contribution >= 4 is 10.9 Å². The van der Waals surface area contributed by atoms with Crippen molar-refractivity contribution < 1.29 is 9.84 Å². The van der Waals surface area contributed by atoms with Gasteiger partial charge in [-0.25, -0.2) is 0 Å². The first-order valence-corrected chi connectivity index (χ1v) is 6.66. The van der Waals surface area contributed by atoms with Gasteiger partial charge in [0.1, 0.15) is 18.1 Å². The van der Waals surface area contributed by atoms with E-state index < -0.39 is 0 Å². The summed E-state index contributed by atoms with van der Waals surface area (Å²) in [7, 11) is 0.271. The fraction of sp³-hybridized carbons (Fsp3) is 0.417. The van der Waals surface area contributed by atoms with E-state index in [-0.39, 0.29) is 10.9 Å². The summed E-state index contributed by atoms with van der Waals surface area (Å²) in [5, 5.41) is 9.70. The summed E-state index contributed by atoms with van der Waals surface area (Å²) in [6, 6.07) is 4.20. The number of aryl methyl sites for hydroxylation is 2. The molecule has 3 heteroatoms. The summed E-state index contributed by atoms with van der Waals surface area (Å²) < 4.78 is 5.24. The molecule has 1 saturated heterocycles. The molecule has 0 saturated carbocycles. The van der Waals surface area contributed by atoms with Crippen LogP contribution in [-0.2, 0) is 15.6 Å². The molecule has 0 amide bonds. The summed E-state index contributed by atoms with van der Waals surface area (Å²) in [4.78, 5) is 1.35. The Bertz CT molecular complexity index is 334. The van der Waals surface area contributed by atoms with Crippen LogP contribution in [0.4, 0.5) is 0 Å². The fourth-order valence-electron chi connectivity index (χ4n) is 1.74. The monoisotopic (exact) mass is 224 g/mol. The summed E-state index contributed by atoms with van der Waals surface area (Å²) in [6.07, 6.45) is 0. The van der Waals surface area contributed by atoms with Crippen molar-refractivity contribution in [1.29, 1.82) is 0 Å². The minimum atomic E-state index is 0.271. The largest absolute Gasteiger partial charge is 0.507 e. The Balaban J connectivity index is 2.27. The number of rotatable bonds is 1. The Morgan fingerprint density at radius 1 is 1.33 bits per heavy atom. The highest BCUT2D eigenvalue weighted by atomic mass is 32.2. The second-order valence-corrected chi connectivity index (χ2v) is 6.01. The summed E-state index contributed by atoms with van der Waals surface area (Å²) in [5.41, 5.74) is 1.95.